The third-order valence-electron chi connectivity index (χ3n) is 3.00. The second-order valence-corrected chi connectivity index (χ2v) is 4.94. The summed E-state index contributed by atoms with van der Waals surface area (Å²) in [7, 11) is 1.67. The maximum atomic E-state index is 6.05. The Hall–Kier alpha value is -1.49. The Bertz CT molecular complexity index is 565. The third-order valence-corrected chi connectivity index (χ3v) is 3.98. The topological polar surface area (TPSA) is 53.1 Å². The number of anilines is 1. The van der Waals surface area contributed by atoms with Gasteiger partial charge in [0, 0.05) is 5.56 Å². The Balaban J connectivity index is 2.47. The number of nitrogens with zero attached hydrogens (tertiary/aromatic N) is 2. The van der Waals surface area contributed by atoms with Crippen molar-refractivity contribution in [1.29, 1.82) is 0 Å². The van der Waals surface area contributed by atoms with Gasteiger partial charge in [0.15, 0.2) is 0 Å². The minimum absolute atomic E-state index is 0.0196. The maximum absolute atomic E-state index is 6.05. The van der Waals surface area contributed by atoms with Crippen LogP contribution >= 0.6 is 15.9 Å². The van der Waals surface area contributed by atoms with E-state index in [0.717, 1.165) is 21.5 Å². The van der Waals surface area contributed by atoms with E-state index in [1.165, 1.54) is 0 Å². The smallest absolute Gasteiger partial charge is 0.137 e. The zero-order valence-corrected chi connectivity index (χ0v) is 12.2. The van der Waals surface area contributed by atoms with Gasteiger partial charge in [-0.1, -0.05) is 18.2 Å². The number of methoxy groups -OCH3 is 1. The van der Waals surface area contributed by atoms with Crippen LogP contribution in [0.4, 0.5) is 5.82 Å². The molecule has 0 aliphatic heterocycles. The van der Waals surface area contributed by atoms with Crippen LogP contribution in [-0.2, 0) is 0 Å². The standard InChI is InChI=1S/C13H16BrN3O/c1-8-12(14)13(15)17(16-8)9(2)10-6-4-5-7-11(10)18-3/h4-7,9H,15H2,1-3H3. The lowest BCUT2D eigenvalue weighted by molar-refractivity contribution is 0.401. The van der Waals surface area contributed by atoms with Gasteiger partial charge in [-0.2, -0.15) is 5.10 Å². The summed E-state index contributed by atoms with van der Waals surface area (Å²) in [4.78, 5) is 0. The van der Waals surface area contributed by atoms with Crippen molar-refractivity contribution in [3.63, 3.8) is 0 Å². The van der Waals surface area contributed by atoms with E-state index < -0.39 is 0 Å². The van der Waals surface area contributed by atoms with Crippen molar-refractivity contribution in [3.8, 4) is 5.75 Å². The largest absolute Gasteiger partial charge is 0.496 e. The van der Waals surface area contributed by atoms with E-state index in [1.54, 1.807) is 11.8 Å². The number of hydrogen-bond donors (Lipinski definition) is 1. The molecule has 2 N–H and O–H groups in total. The molecule has 1 aromatic carbocycles. The Labute approximate surface area is 115 Å². The van der Waals surface area contributed by atoms with Crippen LogP contribution in [0.2, 0.25) is 0 Å². The van der Waals surface area contributed by atoms with Gasteiger partial charge in [-0.15, -0.1) is 0 Å². The molecule has 1 atom stereocenters. The number of nitrogen functional groups attached to an aromatic ring is 1. The van der Waals surface area contributed by atoms with E-state index in [1.807, 2.05) is 38.1 Å². The number of halogens is 1. The molecule has 0 radical (unpaired) electrons. The highest BCUT2D eigenvalue weighted by molar-refractivity contribution is 9.10. The molecule has 4 nitrogen and oxygen atoms in total. The summed E-state index contributed by atoms with van der Waals surface area (Å²) in [6.07, 6.45) is 0. The molecule has 0 fully saturated rings. The molecule has 96 valence electrons. The lowest BCUT2D eigenvalue weighted by atomic mass is 10.1. The monoisotopic (exact) mass is 309 g/mol. The first-order valence-corrected chi connectivity index (χ1v) is 6.48. The van der Waals surface area contributed by atoms with Crippen molar-refractivity contribution in [3.05, 3.63) is 40.0 Å². The minimum Gasteiger partial charge on any atom is -0.496 e. The normalized spacial score (nSPS) is 12.4. The Morgan fingerprint density at radius 3 is 2.61 bits per heavy atom. The zero-order valence-electron chi connectivity index (χ0n) is 10.6. The highest BCUT2D eigenvalue weighted by atomic mass is 79.9. The predicted molar refractivity (Wildman–Crippen MR) is 75.9 cm³/mol. The van der Waals surface area contributed by atoms with Gasteiger partial charge < -0.3 is 10.5 Å². The number of rotatable bonds is 3. The molecule has 2 aromatic rings. The van der Waals surface area contributed by atoms with E-state index in [0.29, 0.717) is 5.82 Å². The molecular weight excluding hydrogens is 294 g/mol. The number of benzene rings is 1. The highest BCUT2D eigenvalue weighted by Gasteiger charge is 2.18. The molecule has 0 spiro atoms. The molecule has 2 rings (SSSR count). The quantitative estimate of drug-likeness (QED) is 0.947. The number of aromatic nitrogens is 2. The van der Waals surface area contributed by atoms with Crippen LogP contribution < -0.4 is 10.5 Å². The fourth-order valence-electron chi connectivity index (χ4n) is 1.98. The molecular formula is C13H16BrN3O. The van der Waals surface area contributed by atoms with E-state index >= 15 is 0 Å². The molecule has 1 unspecified atom stereocenters. The summed E-state index contributed by atoms with van der Waals surface area (Å²) >= 11 is 3.44. The Morgan fingerprint density at radius 1 is 1.39 bits per heavy atom. The molecule has 0 saturated heterocycles. The van der Waals surface area contributed by atoms with Crippen molar-refractivity contribution in [2.45, 2.75) is 19.9 Å². The van der Waals surface area contributed by atoms with E-state index in [4.69, 9.17) is 10.5 Å². The average molecular weight is 310 g/mol. The maximum Gasteiger partial charge on any atom is 0.137 e. The predicted octanol–water partition coefficient (Wildman–Crippen LogP) is 3.15. The van der Waals surface area contributed by atoms with Crippen LogP contribution in [0.15, 0.2) is 28.7 Å². The number of aryl methyl sites for hydroxylation is 1. The van der Waals surface area contributed by atoms with Gasteiger partial charge in [0.1, 0.15) is 11.6 Å². The molecule has 18 heavy (non-hydrogen) atoms. The van der Waals surface area contributed by atoms with Gasteiger partial charge in [-0.3, -0.25) is 0 Å². The van der Waals surface area contributed by atoms with Crippen molar-refractivity contribution in [2.24, 2.45) is 0 Å². The summed E-state index contributed by atoms with van der Waals surface area (Å²) in [5.74, 6) is 1.47. The number of nitrogens with two attached hydrogens (primary N) is 1. The lowest BCUT2D eigenvalue weighted by Gasteiger charge is -2.17. The molecule has 0 amide bonds. The summed E-state index contributed by atoms with van der Waals surface area (Å²) in [6, 6.07) is 7.91. The molecule has 0 aliphatic carbocycles. The fourth-order valence-corrected chi connectivity index (χ4v) is 2.24. The number of para-hydroxylation sites is 1. The number of ether oxygens (including phenoxy) is 1. The second-order valence-electron chi connectivity index (χ2n) is 4.15. The molecule has 0 aliphatic rings. The van der Waals surface area contributed by atoms with E-state index in [-0.39, 0.29) is 6.04 Å². The van der Waals surface area contributed by atoms with Gasteiger partial charge in [0.05, 0.1) is 23.3 Å². The van der Waals surface area contributed by atoms with Gasteiger partial charge in [-0.05, 0) is 35.8 Å². The molecule has 1 heterocycles. The van der Waals surface area contributed by atoms with Crippen LogP contribution in [0, 0.1) is 6.92 Å². The highest BCUT2D eigenvalue weighted by Crippen LogP contribution is 2.32. The van der Waals surface area contributed by atoms with Crippen molar-refractivity contribution in [2.75, 3.05) is 12.8 Å². The van der Waals surface area contributed by atoms with Gasteiger partial charge >= 0.3 is 0 Å². The minimum atomic E-state index is 0.0196. The van der Waals surface area contributed by atoms with Crippen LogP contribution in [0.3, 0.4) is 0 Å². The first kappa shape index (κ1) is 13.0. The Kier molecular flexibility index (Phi) is 3.61. The lowest BCUT2D eigenvalue weighted by Crippen LogP contribution is -2.12. The van der Waals surface area contributed by atoms with Crippen molar-refractivity contribution in [1.82, 2.24) is 9.78 Å². The first-order valence-electron chi connectivity index (χ1n) is 5.69. The second kappa shape index (κ2) is 5.02. The van der Waals surface area contributed by atoms with Gasteiger partial charge in [-0.25, -0.2) is 4.68 Å². The van der Waals surface area contributed by atoms with Crippen LogP contribution in [0.25, 0.3) is 0 Å². The van der Waals surface area contributed by atoms with Crippen molar-refractivity contribution < 1.29 is 4.74 Å². The Morgan fingerprint density at radius 2 is 2.06 bits per heavy atom. The van der Waals surface area contributed by atoms with Crippen LogP contribution in [0.5, 0.6) is 5.75 Å². The third kappa shape index (κ3) is 2.10. The fraction of sp³-hybridized carbons (Fsp3) is 0.308. The van der Waals surface area contributed by atoms with E-state index in [2.05, 4.69) is 21.0 Å². The average Bonchev–Trinajstić information content (AvgIpc) is 2.65. The first-order chi connectivity index (χ1) is 8.56. The SMILES string of the molecule is COc1ccccc1C(C)n1nc(C)c(Br)c1N. The van der Waals surface area contributed by atoms with Crippen LogP contribution in [-0.4, -0.2) is 16.9 Å². The summed E-state index contributed by atoms with van der Waals surface area (Å²) in [6.45, 7) is 3.97. The zero-order chi connectivity index (χ0) is 13.3. The summed E-state index contributed by atoms with van der Waals surface area (Å²) < 4.78 is 8.03. The molecule has 0 saturated carbocycles. The van der Waals surface area contributed by atoms with Gasteiger partial charge in [0.25, 0.3) is 0 Å². The van der Waals surface area contributed by atoms with E-state index in [9.17, 15) is 0 Å². The molecule has 0 bridgehead atoms. The summed E-state index contributed by atoms with van der Waals surface area (Å²) in [5, 5.41) is 4.45. The number of hydrogen-bond acceptors (Lipinski definition) is 3. The van der Waals surface area contributed by atoms with Crippen molar-refractivity contribution >= 4 is 21.7 Å². The van der Waals surface area contributed by atoms with Gasteiger partial charge in [0.2, 0.25) is 0 Å². The van der Waals surface area contributed by atoms with Crippen LogP contribution in [0.1, 0.15) is 24.2 Å². The summed E-state index contributed by atoms with van der Waals surface area (Å²) in [5.41, 5.74) is 7.99. The molecule has 1 aromatic heterocycles. The molecule has 5 heteroatoms.